The van der Waals surface area contributed by atoms with Gasteiger partial charge in [0, 0.05) is 17.9 Å². The summed E-state index contributed by atoms with van der Waals surface area (Å²) in [5.41, 5.74) is 4.33. The van der Waals surface area contributed by atoms with E-state index < -0.39 is 0 Å². The third kappa shape index (κ3) is 4.70. The van der Waals surface area contributed by atoms with E-state index in [4.69, 9.17) is 10.1 Å². The highest BCUT2D eigenvalue weighted by Gasteiger charge is 2.21. The molecule has 2 aromatic heterocycles. The second kappa shape index (κ2) is 9.78. The lowest BCUT2D eigenvalue weighted by atomic mass is 9.89. The summed E-state index contributed by atoms with van der Waals surface area (Å²) in [7, 11) is 0. The largest absolute Gasteiger partial charge is 0.239 e. The molecule has 5 rings (SSSR count). The minimum Gasteiger partial charge on any atom is -0.239 e. The van der Waals surface area contributed by atoms with Crippen molar-refractivity contribution in [1.29, 1.82) is 0 Å². The molecule has 2 aromatic carbocycles. The fourth-order valence-electron chi connectivity index (χ4n) is 4.44. The Bertz CT molecular complexity index is 1250. The zero-order chi connectivity index (χ0) is 22.5. The molecule has 0 radical (unpaired) electrons. The second-order valence-electron chi connectivity index (χ2n) is 8.43. The van der Waals surface area contributed by atoms with Crippen molar-refractivity contribution in [3.8, 4) is 34.4 Å². The van der Waals surface area contributed by atoms with E-state index in [2.05, 4.69) is 69.7 Å². The Morgan fingerprint density at radius 2 is 1.79 bits per heavy atom. The average Bonchev–Trinajstić information content (AvgIpc) is 3.54. The summed E-state index contributed by atoms with van der Waals surface area (Å²) in [6, 6.07) is 16.7. The van der Waals surface area contributed by atoms with Crippen molar-refractivity contribution in [2.75, 3.05) is 0 Å². The maximum Gasteiger partial charge on any atom is 0.203 e. The molecule has 1 aliphatic carbocycles. The van der Waals surface area contributed by atoms with Crippen LogP contribution in [0.1, 0.15) is 68.6 Å². The summed E-state index contributed by atoms with van der Waals surface area (Å²) in [5, 5.41) is 19.2. The Balaban J connectivity index is 1.40. The van der Waals surface area contributed by atoms with Crippen LogP contribution in [0.2, 0.25) is 0 Å². The lowest BCUT2D eigenvalue weighted by Crippen LogP contribution is -2.08. The molecule has 1 saturated carbocycles. The van der Waals surface area contributed by atoms with Gasteiger partial charge in [-0.05, 0) is 45.9 Å². The first-order valence-corrected chi connectivity index (χ1v) is 11.7. The lowest BCUT2D eigenvalue weighted by molar-refractivity contribution is 0.426. The molecular weight excluding hydrogens is 410 g/mol. The van der Waals surface area contributed by atoms with Crippen molar-refractivity contribution in [1.82, 2.24) is 35.4 Å². The molecule has 4 aromatic rings. The van der Waals surface area contributed by atoms with E-state index in [-0.39, 0.29) is 0 Å². The van der Waals surface area contributed by atoms with E-state index in [1.54, 1.807) is 0 Å². The Labute approximate surface area is 193 Å². The first-order chi connectivity index (χ1) is 16.3. The fourth-order valence-corrected chi connectivity index (χ4v) is 4.44. The molecule has 0 amide bonds. The van der Waals surface area contributed by atoms with Crippen LogP contribution in [-0.4, -0.2) is 35.4 Å². The van der Waals surface area contributed by atoms with Crippen molar-refractivity contribution < 1.29 is 0 Å². The first kappa shape index (κ1) is 21.1. The molecule has 0 bridgehead atoms. The number of tetrazole rings is 1. The summed E-state index contributed by atoms with van der Waals surface area (Å²) in [5.74, 6) is 9.24. The number of hydrogen-bond acceptors (Lipinski definition) is 5. The predicted molar refractivity (Wildman–Crippen MR) is 127 cm³/mol. The van der Waals surface area contributed by atoms with Gasteiger partial charge in [-0.15, -0.1) is 5.10 Å². The van der Waals surface area contributed by atoms with Crippen LogP contribution in [0, 0.1) is 11.8 Å². The minimum absolute atomic E-state index is 0.464. The molecule has 7 nitrogen and oxygen atoms in total. The summed E-state index contributed by atoms with van der Waals surface area (Å²) in [6.07, 6.45) is 7.02. The quantitative estimate of drug-likeness (QED) is 0.445. The van der Waals surface area contributed by atoms with Crippen LogP contribution < -0.4 is 0 Å². The van der Waals surface area contributed by atoms with Gasteiger partial charge in [-0.25, -0.2) is 14.8 Å². The van der Waals surface area contributed by atoms with Crippen molar-refractivity contribution in [3.05, 3.63) is 65.7 Å². The summed E-state index contributed by atoms with van der Waals surface area (Å²) >= 11 is 0. The van der Waals surface area contributed by atoms with Crippen molar-refractivity contribution in [3.63, 3.8) is 0 Å². The van der Waals surface area contributed by atoms with Gasteiger partial charge >= 0.3 is 0 Å². The van der Waals surface area contributed by atoms with E-state index in [9.17, 15) is 0 Å². The normalized spacial score (nSPS) is 14.1. The van der Waals surface area contributed by atoms with E-state index in [1.807, 2.05) is 22.9 Å². The van der Waals surface area contributed by atoms with Gasteiger partial charge < -0.3 is 0 Å². The van der Waals surface area contributed by atoms with Crippen LogP contribution in [-0.2, 0) is 6.54 Å². The molecule has 166 valence electrons. The zero-order valence-corrected chi connectivity index (χ0v) is 18.8. The highest BCUT2D eigenvalue weighted by molar-refractivity contribution is 5.80. The number of nitrogens with zero attached hydrogens (tertiary/aromatic N) is 6. The number of aromatic amines is 1. The molecule has 7 heteroatoms. The zero-order valence-electron chi connectivity index (χ0n) is 18.8. The van der Waals surface area contributed by atoms with Gasteiger partial charge in [0.2, 0.25) is 5.82 Å². The molecule has 0 atom stereocenters. The third-order valence-corrected chi connectivity index (χ3v) is 6.16. The summed E-state index contributed by atoms with van der Waals surface area (Å²) in [4.78, 5) is 4.83. The van der Waals surface area contributed by atoms with Gasteiger partial charge in [-0.2, -0.15) is 5.10 Å². The molecular formula is C26H27N7. The van der Waals surface area contributed by atoms with Gasteiger partial charge in [-0.3, -0.25) is 0 Å². The predicted octanol–water partition coefficient (Wildman–Crippen LogP) is 4.98. The highest BCUT2D eigenvalue weighted by atomic mass is 15.5. The van der Waals surface area contributed by atoms with Crippen LogP contribution in [0.3, 0.4) is 0 Å². The topological polar surface area (TPSA) is 85.2 Å². The molecule has 1 N–H and O–H groups in total. The standard InChI is InChI=1S/C26H27N7/c1-2-3-13-24-27-25(21-9-5-4-6-10-21)30-33(24)18-19-14-16-20(17-15-19)22-11-7-8-12-23(22)26-28-31-32-29-26/h7-8,11-12,14-17,21H,2,4-6,9-10,18H2,1H3,(H,28,29,31,32). The number of H-pyrrole nitrogens is 1. The highest BCUT2D eigenvalue weighted by Crippen LogP contribution is 2.31. The average molecular weight is 438 g/mol. The van der Waals surface area contributed by atoms with Gasteiger partial charge in [0.25, 0.3) is 0 Å². The molecule has 0 spiro atoms. The van der Waals surface area contributed by atoms with E-state index in [0.717, 1.165) is 40.3 Å². The maximum absolute atomic E-state index is 4.89. The Hall–Kier alpha value is -3.79. The number of nitrogens with one attached hydrogen (secondary N) is 1. The Kier molecular flexibility index (Phi) is 6.25. The van der Waals surface area contributed by atoms with Crippen LogP contribution in [0.15, 0.2) is 48.5 Å². The summed E-state index contributed by atoms with van der Waals surface area (Å²) in [6.45, 7) is 2.71. The van der Waals surface area contributed by atoms with Gasteiger partial charge in [0.05, 0.1) is 6.54 Å². The minimum atomic E-state index is 0.464. The number of benzene rings is 2. The molecule has 0 saturated heterocycles. The van der Waals surface area contributed by atoms with Crippen LogP contribution in [0.5, 0.6) is 0 Å². The molecule has 0 unspecified atom stereocenters. The van der Waals surface area contributed by atoms with E-state index >= 15 is 0 Å². The second-order valence-corrected chi connectivity index (χ2v) is 8.43. The SMILES string of the molecule is CCC#Cc1nc(C2CCCCC2)nn1Cc1ccc(-c2ccccc2-c2nnn[nH]2)cc1. The molecule has 0 aliphatic heterocycles. The number of aromatic nitrogens is 7. The molecule has 2 heterocycles. The summed E-state index contributed by atoms with van der Waals surface area (Å²) < 4.78 is 1.97. The Morgan fingerprint density at radius 1 is 1.00 bits per heavy atom. The van der Waals surface area contributed by atoms with E-state index in [0.29, 0.717) is 18.3 Å². The lowest BCUT2D eigenvalue weighted by Gasteiger charge is -2.18. The number of rotatable bonds is 5. The fraction of sp³-hybridized carbons (Fsp3) is 0.346. The van der Waals surface area contributed by atoms with Gasteiger partial charge in [-0.1, -0.05) is 80.6 Å². The molecule has 1 fully saturated rings. The smallest absolute Gasteiger partial charge is 0.203 e. The van der Waals surface area contributed by atoms with Crippen molar-refractivity contribution in [2.24, 2.45) is 0 Å². The van der Waals surface area contributed by atoms with Crippen molar-refractivity contribution in [2.45, 2.75) is 57.9 Å². The van der Waals surface area contributed by atoms with Crippen LogP contribution >= 0.6 is 0 Å². The van der Waals surface area contributed by atoms with Gasteiger partial charge in [0.15, 0.2) is 11.6 Å². The maximum atomic E-state index is 4.89. The Morgan fingerprint density at radius 3 is 2.52 bits per heavy atom. The molecule has 33 heavy (non-hydrogen) atoms. The molecule has 1 aliphatic rings. The van der Waals surface area contributed by atoms with Crippen LogP contribution in [0.4, 0.5) is 0 Å². The monoisotopic (exact) mass is 437 g/mol. The first-order valence-electron chi connectivity index (χ1n) is 11.7. The van der Waals surface area contributed by atoms with E-state index in [1.165, 1.54) is 32.1 Å². The third-order valence-electron chi connectivity index (χ3n) is 6.16. The number of hydrogen-bond donors (Lipinski definition) is 1. The van der Waals surface area contributed by atoms with Crippen LogP contribution in [0.25, 0.3) is 22.5 Å². The van der Waals surface area contributed by atoms with Gasteiger partial charge in [0.1, 0.15) is 0 Å². The van der Waals surface area contributed by atoms with Crippen molar-refractivity contribution >= 4 is 0 Å².